The van der Waals surface area contributed by atoms with Gasteiger partial charge in [0.15, 0.2) is 0 Å². The van der Waals surface area contributed by atoms with E-state index in [0.29, 0.717) is 17.4 Å². The first-order valence-corrected chi connectivity index (χ1v) is 9.03. The van der Waals surface area contributed by atoms with Gasteiger partial charge in [0.1, 0.15) is 0 Å². The molecule has 1 aromatic rings. The summed E-state index contributed by atoms with van der Waals surface area (Å²) >= 11 is 0. The lowest BCUT2D eigenvalue weighted by molar-refractivity contribution is 0.0549. The van der Waals surface area contributed by atoms with E-state index < -0.39 is 10.1 Å². The highest BCUT2D eigenvalue weighted by molar-refractivity contribution is 7.85. The number of nitrogens with zero attached hydrogens (tertiary/aromatic N) is 1. The summed E-state index contributed by atoms with van der Waals surface area (Å²) in [5, 5.41) is 0. The Labute approximate surface area is 129 Å². The quantitative estimate of drug-likeness (QED) is 0.631. The van der Waals surface area contributed by atoms with Crippen molar-refractivity contribution in [3.05, 3.63) is 35.4 Å². The Kier molecular flexibility index (Phi) is 4.97. The molecule has 1 aliphatic heterocycles. The molecule has 0 bridgehead atoms. The molecule has 0 unspecified atom stereocenters. The molecule has 1 N–H and O–H groups in total. The van der Waals surface area contributed by atoms with Crippen molar-refractivity contribution in [3.8, 4) is 0 Å². The van der Waals surface area contributed by atoms with Crippen LogP contribution in [-0.4, -0.2) is 42.0 Å². The normalized spacial score (nSPS) is 18.7. The average Bonchev–Trinajstić information content (AvgIpc) is 2.71. The summed E-state index contributed by atoms with van der Waals surface area (Å²) in [7, 11) is -3.67. The molecule has 0 spiro atoms. The maximum Gasteiger partial charge on any atom is 0.261 e. The second-order valence-corrected chi connectivity index (χ2v) is 7.02. The van der Waals surface area contributed by atoms with Crippen LogP contribution in [0.2, 0.25) is 0 Å². The van der Waals surface area contributed by atoms with Crippen LogP contribution in [0.25, 0.3) is 0 Å². The molecule has 22 heavy (non-hydrogen) atoms. The lowest BCUT2D eigenvalue weighted by atomic mass is 9.94. The summed E-state index contributed by atoms with van der Waals surface area (Å²) in [5.74, 6) is -0.199. The van der Waals surface area contributed by atoms with Gasteiger partial charge in [0, 0.05) is 6.04 Å². The highest BCUT2D eigenvalue weighted by Gasteiger charge is 2.39. The Bertz CT molecular complexity index is 634. The van der Waals surface area contributed by atoms with Gasteiger partial charge in [0.2, 0.25) is 0 Å². The molecule has 1 heterocycles. The van der Waals surface area contributed by atoms with Gasteiger partial charge in [-0.15, -0.1) is 0 Å². The summed E-state index contributed by atoms with van der Waals surface area (Å²) in [6.07, 6.45) is 6.11. The molecule has 1 fully saturated rings. The lowest BCUT2D eigenvalue weighted by Crippen LogP contribution is -2.40. The van der Waals surface area contributed by atoms with Crippen LogP contribution in [0, 0.1) is 0 Å². The van der Waals surface area contributed by atoms with Gasteiger partial charge < -0.3 is 0 Å². The topological polar surface area (TPSA) is 91.7 Å². The second-order valence-electron chi connectivity index (χ2n) is 5.55. The third kappa shape index (κ3) is 3.92. The fraction of sp³-hybridized carbons (Fsp3) is 0.467. The summed E-state index contributed by atoms with van der Waals surface area (Å²) < 4.78 is 25.9. The molecular formula is C15H19NO5S. The largest absolute Gasteiger partial charge is 0.286 e. The molecule has 3 rings (SSSR count). The van der Waals surface area contributed by atoms with Gasteiger partial charge in [-0.1, -0.05) is 31.4 Å². The molecule has 1 aromatic carbocycles. The van der Waals surface area contributed by atoms with Gasteiger partial charge in [-0.05, 0) is 25.0 Å². The van der Waals surface area contributed by atoms with Crippen molar-refractivity contribution in [1.29, 1.82) is 0 Å². The predicted molar refractivity (Wildman–Crippen MR) is 81.3 cm³/mol. The van der Waals surface area contributed by atoms with E-state index in [1.54, 1.807) is 12.1 Å². The molecule has 2 amide bonds. The van der Waals surface area contributed by atoms with Crippen LogP contribution in [0.15, 0.2) is 24.3 Å². The van der Waals surface area contributed by atoms with E-state index in [2.05, 4.69) is 0 Å². The van der Waals surface area contributed by atoms with Gasteiger partial charge in [-0.25, -0.2) is 0 Å². The second kappa shape index (κ2) is 6.58. The van der Waals surface area contributed by atoms with Crippen molar-refractivity contribution < 1.29 is 22.6 Å². The average molecular weight is 325 g/mol. The maximum atomic E-state index is 12.2. The Morgan fingerprint density at radius 3 is 1.82 bits per heavy atom. The predicted octanol–water partition coefficient (Wildman–Crippen LogP) is 2.12. The Morgan fingerprint density at radius 1 is 1.00 bits per heavy atom. The minimum atomic E-state index is -3.67. The zero-order valence-electron chi connectivity index (χ0n) is 12.4. The molecule has 0 saturated heterocycles. The van der Waals surface area contributed by atoms with E-state index >= 15 is 0 Å². The Hall–Kier alpha value is -1.73. The molecule has 0 radical (unpaired) electrons. The number of rotatable bonds is 1. The van der Waals surface area contributed by atoms with E-state index in [1.807, 2.05) is 12.1 Å². The van der Waals surface area contributed by atoms with E-state index in [-0.39, 0.29) is 17.9 Å². The summed E-state index contributed by atoms with van der Waals surface area (Å²) in [4.78, 5) is 25.9. The third-order valence-electron chi connectivity index (χ3n) is 3.77. The first-order valence-electron chi connectivity index (χ1n) is 7.18. The van der Waals surface area contributed by atoms with Gasteiger partial charge in [-0.3, -0.25) is 19.0 Å². The van der Waals surface area contributed by atoms with Crippen molar-refractivity contribution in [2.75, 3.05) is 6.26 Å². The molecule has 1 saturated carbocycles. The zero-order valence-corrected chi connectivity index (χ0v) is 13.2. The molecule has 0 aromatic heterocycles. The molecule has 6 nitrogen and oxygen atoms in total. The van der Waals surface area contributed by atoms with Crippen molar-refractivity contribution in [2.24, 2.45) is 0 Å². The van der Waals surface area contributed by atoms with Gasteiger partial charge >= 0.3 is 0 Å². The molecule has 2 aliphatic rings. The minimum Gasteiger partial charge on any atom is -0.286 e. The van der Waals surface area contributed by atoms with Crippen LogP contribution in [0.5, 0.6) is 0 Å². The molecule has 0 atom stereocenters. The highest BCUT2D eigenvalue weighted by atomic mass is 32.2. The summed E-state index contributed by atoms with van der Waals surface area (Å²) in [6, 6.07) is 7.25. The molecule has 7 heteroatoms. The van der Waals surface area contributed by atoms with Gasteiger partial charge in [0.05, 0.1) is 17.4 Å². The van der Waals surface area contributed by atoms with Crippen LogP contribution in [-0.2, 0) is 10.1 Å². The smallest absolute Gasteiger partial charge is 0.261 e. The standard InChI is InChI=1S/C14H15NO2.CH4O3S/c16-13-11-8-4-5-9-12(11)14(17)15(13)10-6-2-1-3-7-10;1-5(2,3)4/h4-5,8-10H,1-3,6-7H2;1H3,(H,2,3,4). The summed E-state index contributed by atoms with van der Waals surface area (Å²) in [5.41, 5.74) is 1.14. The molecule has 1 aliphatic carbocycles. The number of hydrogen-bond acceptors (Lipinski definition) is 4. The van der Waals surface area contributed by atoms with Crippen molar-refractivity contribution in [1.82, 2.24) is 4.90 Å². The van der Waals surface area contributed by atoms with Crippen molar-refractivity contribution in [2.45, 2.75) is 38.1 Å². The zero-order chi connectivity index (χ0) is 16.3. The van der Waals surface area contributed by atoms with Gasteiger partial charge in [0.25, 0.3) is 21.9 Å². The van der Waals surface area contributed by atoms with Crippen LogP contribution >= 0.6 is 0 Å². The number of benzene rings is 1. The fourth-order valence-corrected chi connectivity index (χ4v) is 2.88. The van der Waals surface area contributed by atoms with Crippen LogP contribution in [0.4, 0.5) is 0 Å². The van der Waals surface area contributed by atoms with E-state index in [4.69, 9.17) is 4.55 Å². The van der Waals surface area contributed by atoms with E-state index in [0.717, 1.165) is 25.7 Å². The van der Waals surface area contributed by atoms with E-state index in [1.165, 1.54) is 11.3 Å². The number of amides is 2. The number of imide groups is 1. The highest BCUT2D eigenvalue weighted by Crippen LogP contribution is 2.30. The number of carbonyl (C=O) groups is 2. The Balaban J connectivity index is 0.000000309. The first-order chi connectivity index (χ1) is 10.3. The van der Waals surface area contributed by atoms with Gasteiger partial charge in [-0.2, -0.15) is 8.42 Å². The number of carbonyl (C=O) groups excluding carboxylic acids is 2. The third-order valence-corrected chi connectivity index (χ3v) is 3.77. The number of hydrogen-bond donors (Lipinski definition) is 1. The number of fused-ring (bicyclic) bond motifs is 1. The van der Waals surface area contributed by atoms with Crippen LogP contribution in [0.1, 0.15) is 52.8 Å². The monoisotopic (exact) mass is 325 g/mol. The summed E-state index contributed by atoms with van der Waals surface area (Å²) in [6.45, 7) is 0. The Morgan fingerprint density at radius 2 is 1.41 bits per heavy atom. The minimum absolute atomic E-state index is 0.0995. The first kappa shape index (κ1) is 16.6. The maximum absolute atomic E-state index is 12.2. The van der Waals surface area contributed by atoms with Crippen LogP contribution < -0.4 is 0 Å². The molecule has 120 valence electrons. The van der Waals surface area contributed by atoms with Crippen molar-refractivity contribution in [3.63, 3.8) is 0 Å². The van der Waals surface area contributed by atoms with E-state index in [9.17, 15) is 18.0 Å². The lowest BCUT2D eigenvalue weighted by Gasteiger charge is -2.29. The van der Waals surface area contributed by atoms with Crippen molar-refractivity contribution >= 4 is 21.9 Å². The van der Waals surface area contributed by atoms with Crippen LogP contribution in [0.3, 0.4) is 0 Å². The SMILES string of the molecule is CS(=O)(=O)O.O=C1c2ccccc2C(=O)N1C1CCCCC1. The fourth-order valence-electron chi connectivity index (χ4n) is 2.88. The molecular weight excluding hydrogens is 306 g/mol.